The van der Waals surface area contributed by atoms with Gasteiger partial charge >= 0.3 is 0 Å². The lowest BCUT2D eigenvalue weighted by Gasteiger charge is -2.28. The maximum absolute atomic E-state index is 10.6. The van der Waals surface area contributed by atoms with Crippen molar-refractivity contribution in [1.29, 1.82) is 0 Å². The molecule has 1 aromatic rings. The SMILES string of the molecule is COCCCc1cc(C(C)(C)C)c(O)c(C(C)(C)C)c1. The molecule has 114 valence electrons. The molecule has 0 saturated heterocycles. The summed E-state index contributed by atoms with van der Waals surface area (Å²) in [6.07, 6.45) is 1.99. The van der Waals surface area contributed by atoms with Gasteiger partial charge < -0.3 is 9.84 Å². The Morgan fingerprint density at radius 2 is 1.40 bits per heavy atom. The van der Waals surface area contributed by atoms with Crippen molar-refractivity contribution >= 4 is 0 Å². The molecule has 1 N–H and O–H groups in total. The van der Waals surface area contributed by atoms with Gasteiger partial charge in [0.2, 0.25) is 0 Å². The largest absolute Gasteiger partial charge is 0.507 e. The summed E-state index contributed by atoms with van der Waals surface area (Å²) in [6, 6.07) is 4.31. The lowest BCUT2D eigenvalue weighted by Crippen LogP contribution is -2.18. The van der Waals surface area contributed by atoms with E-state index in [9.17, 15) is 5.11 Å². The zero-order valence-corrected chi connectivity index (χ0v) is 14.1. The number of aromatic hydroxyl groups is 1. The lowest BCUT2D eigenvalue weighted by atomic mass is 9.78. The average Bonchev–Trinajstić information content (AvgIpc) is 2.28. The number of aryl methyl sites for hydroxylation is 1. The summed E-state index contributed by atoms with van der Waals surface area (Å²) >= 11 is 0. The summed E-state index contributed by atoms with van der Waals surface area (Å²) in [4.78, 5) is 0. The highest BCUT2D eigenvalue weighted by molar-refractivity contribution is 5.49. The van der Waals surface area contributed by atoms with Gasteiger partial charge in [0.15, 0.2) is 0 Å². The minimum atomic E-state index is -0.0542. The van der Waals surface area contributed by atoms with Gasteiger partial charge in [-0.1, -0.05) is 53.7 Å². The number of phenols is 1. The molecular formula is C18H30O2. The zero-order chi connectivity index (χ0) is 15.6. The summed E-state index contributed by atoms with van der Waals surface area (Å²) in [5, 5.41) is 10.6. The minimum Gasteiger partial charge on any atom is -0.507 e. The molecule has 0 atom stereocenters. The first-order valence-corrected chi connectivity index (χ1v) is 7.43. The molecule has 2 heteroatoms. The predicted octanol–water partition coefficient (Wildman–Crippen LogP) is 4.57. The summed E-state index contributed by atoms with van der Waals surface area (Å²) < 4.78 is 5.13. The fourth-order valence-corrected chi connectivity index (χ4v) is 2.40. The molecule has 0 amide bonds. The van der Waals surface area contributed by atoms with Crippen LogP contribution in [0.4, 0.5) is 0 Å². The first-order valence-electron chi connectivity index (χ1n) is 7.43. The van der Waals surface area contributed by atoms with Crippen LogP contribution in [-0.4, -0.2) is 18.8 Å². The van der Waals surface area contributed by atoms with Gasteiger partial charge in [0.25, 0.3) is 0 Å². The molecule has 0 aromatic heterocycles. The lowest BCUT2D eigenvalue weighted by molar-refractivity contribution is 0.195. The van der Waals surface area contributed by atoms with Crippen molar-refractivity contribution < 1.29 is 9.84 Å². The third-order valence-corrected chi connectivity index (χ3v) is 3.60. The van der Waals surface area contributed by atoms with E-state index in [1.54, 1.807) is 7.11 Å². The van der Waals surface area contributed by atoms with Crippen LogP contribution in [0.5, 0.6) is 5.75 Å². The molecule has 1 rings (SSSR count). The van der Waals surface area contributed by atoms with Gasteiger partial charge in [0.1, 0.15) is 5.75 Å². The standard InChI is InChI=1S/C18H30O2/c1-17(2,3)14-11-13(9-8-10-20-7)12-15(16(14)19)18(4,5)6/h11-12,19H,8-10H2,1-7H3. The van der Waals surface area contributed by atoms with Crippen LogP contribution in [0, 0.1) is 0 Å². The first kappa shape index (κ1) is 17.0. The van der Waals surface area contributed by atoms with Gasteiger partial charge in [0.05, 0.1) is 0 Å². The van der Waals surface area contributed by atoms with Crippen LogP contribution in [0.15, 0.2) is 12.1 Å². The van der Waals surface area contributed by atoms with Crippen molar-refractivity contribution in [2.45, 2.75) is 65.2 Å². The van der Waals surface area contributed by atoms with Crippen molar-refractivity contribution in [1.82, 2.24) is 0 Å². The summed E-state index contributed by atoms with van der Waals surface area (Å²) in [7, 11) is 1.73. The van der Waals surface area contributed by atoms with Gasteiger partial charge in [-0.25, -0.2) is 0 Å². The maximum atomic E-state index is 10.6. The molecule has 0 heterocycles. The van der Waals surface area contributed by atoms with Crippen LogP contribution < -0.4 is 0 Å². The number of ether oxygens (including phenoxy) is 1. The fraction of sp³-hybridized carbons (Fsp3) is 0.667. The fourth-order valence-electron chi connectivity index (χ4n) is 2.40. The zero-order valence-electron chi connectivity index (χ0n) is 14.1. The molecule has 20 heavy (non-hydrogen) atoms. The smallest absolute Gasteiger partial charge is 0.123 e. The van der Waals surface area contributed by atoms with Crippen molar-refractivity contribution in [3.8, 4) is 5.75 Å². The second-order valence-corrected chi connectivity index (χ2v) is 7.64. The molecular weight excluding hydrogens is 248 g/mol. The van der Waals surface area contributed by atoms with Crippen LogP contribution in [0.25, 0.3) is 0 Å². The molecule has 1 aromatic carbocycles. The van der Waals surface area contributed by atoms with Gasteiger partial charge in [0, 0.05) is 13.7 Å². The molecule has 0 spiro atoms. The quantitative estimate of drug-likeness (QED) is 0.818. The summed E-state index contributed by atoms with van der Waals surface area (Å²) in [5.74, 6) is 0.459. The van der Waals surface area contributed by atoms with E-state index in [1.807, 2.05) is 0 Å². The first-order chi connectivity index (χ1) is 9.07. The molecule has 0 aliphatic heterocycles. The van der Waals surface area contributed by atoms with E-state index in [-0.39, 0.29) is 10.8 Å². The van der Waals surface area contributed by atoms with Crippen LogP contribution in [0.1, 0.15) is 64.7 Å². The Bertz CT molecular complexity index is 412. The molecule has 2 nitrogen and oxygen atoms in total. The number of benzene rings is 1. The molecule has 0 aliphatic rings. The van der Waals surface area contributed by atoms with Crippen molar-refractivity contribution in [2.24, 2.45) is 0 Å². The Kier molecular flexibility index (Phi) is 5.26. The monoisotopic (exact) mass is 278 g/mol. The number of hydrogen-bond acceptors (Lipinski definition) is 2. The topological polar surface area (TPSA) is 29.5 Å². The predicted molar refractivity (Wildman–Crippen MR) is 85.7 cm³/mol. The Morgan fingerprint density at radius 3 is 1.75 bits per heavy atom. The van der Waals surface area contributed by atoms with Gasteiger partial charge in [-0.2, -0.15) is 0 Å². The third kappa shape index (κ3) is 4.24. The van der Waals surface area contributed by atoms with Gasteiger partial charge in [-0.05, 0) is 40.4 Å². The van der Waals surface area contributed by atoms with E-state index in [0.29, 0.717) is 5.75 Å². The van der Waals surface area contributed by atoms with E-state index in [4.69, 9.17) is 4.74 Å². The Labute approximate surface area is 124 Å². The number of rotatable bonds is 4. The molecule has 0 bridgehead atoms. The Balaban J connectivity index is 3.28. The third-order valence-electron chi connectivity index (χ3n) is 3.60. The average molecular weight is 278 g/mol. The molecule has 0 aliphatic carbocycles. The Hall–Kier alpha value is -1.02. The highest BCUT2D eigenvalue weighted by Crippen LogP contribution is 2.39. The normalized spacial score (nSPS) is 12.8. The van der Waals surface area contributed by atoms with Gasteiger partial charge in [-0.3, -0.25) is 0 Å². The van der Waals surface area contributed by atoms with E-state index >= 15 is 0 Å². The molecule has 0 fully saturated rings. The van der Waals surface area contributed by atoms with E-state index < -0.39 is 0 Å². The minimum absolute atomic E-state index is 0.0542. The van der Waals surface area contributed by atoms with Crippen LogP contribution in [0.2, 0.25) is 0 Å². The second kappa shape index (κ2) is 6.17. The Morgan fingerprint density at radius 1 is 0.950 bits per heavy atom. The van der Waals surface area contributed by atoms with Crippen LogP contribution >= 0.6 is 0 Å². The number of phenolic OH excluding ortho intramolecular Hbond substituents is 1. The molecule has 0 saturated carbocycles. The van der Waals surface area contributed by atoms with E-state index in [0.717, 1.165) is 30.6 Å². The van der Waals surface area contributed by atoms with Gasteiger partial charge in [-0.15, -0.1) is 0 Å². The van der Waals surface area contributed by atoms with Crippen molar-refractivity contribution in [2.75, 3.05) is 13.7 Å². The van der Waals surface area contributed by atoms with E-state index in [2.05, 4.69) is 53.7 Å². The highest BCUT2D eigenvalue weighted by Gasteiger charge is 2.26. The summed E-state index contributed by atoms with van der Waals surface area (Å²) in [6.45, 7) is 13.7. The molecule has 0 unspecified atom stereocenters. The second-order valence-electron chi connectivity index (χ2n) is 7.64. The van der Waals surface area contributed by atoms with Crippen molar-refractivity contribution in [3.05, 3.63) is 28.8 Å². The van der Waals surface area contributed by atoms with Crippen LogP contribution in [0.3, 0.4) is 0 Å². The molecule has 0 radical (unpaired) electrons. The van der Waals surface area contributed by atoms with E-state index in [1.165, 1.54) is 5.56 Å². The highest BCUT2D eigenvalue weighted by atomic mass is 16.5. The van der Waals surface area contributed by atoms with Crippen molar-refractivity contribution in [3.63, 3.8) is 0 Å². The summed E-state index contributed by atoms with van der Waals surface area (Å²) in [5.41, 5.74) is 3.26. The maximum Gasteiger partial charge on any atom is 0.123 e. The number of hydrogen-bond donors (Lipinski definition) is 1. The number of methoxy groups -OCH3 is 1. The van der Waals surface area contributed by atoms with Crippen LogP contribution in [-0.2, 0) is 22.0 Å².